The van der Waals surface area contributed by atoms with Crippen LogP contribution in [0.5, 0.6) is 5.75 Å². The van der Waals surface area contributed by atoms with Gasteiger partial charge >= 0.3 is 0 Å². The van der Waals surface area contributed by atoms with Gasteiger partial charge in [0.2, 0.25) is 5.78 Å². The van der Waals surface area contributed by atoms with Crippen LogP contribution in [0, 0.1) is 0 Å². The Labute approximate surface area is 136 Å². The largest absolute Gasteiger partial charge is 0.494 e. The van der Waals surface area contributed by atoms with Gasteiger partial charge in [0, 0.05) is 16.1 Å². The van der Waals surface area contributed by atoms with Gasteiger partial charge in [0.1, 0.15) is 5.75 Å². The molecule has 0 unspecified atom stereocenters. The predicted molar refractivity (Wildman–Crippen MR) is 89.5 cm³/mol. The summed E-state index contributed by atoms with van der Waals surface area (Å²) in [6, 6.07) is 12.8. The number of halogens is 1. The molecule has 0 amide bonds. The van der Waals surface area contributed by atoms with Gasteiger partial charge in [0.25, 0.3) is 0 Å². The molecule has 0 aliphatic rings. The van der Waals surface area contributed by atoms with Crippen LogP contribution in [-0.4, -0.2) is 22.4 Å². The van der Waals surface area contributed by atoms with Crippen molar-refractivity contribution in [2.45, 2.75) is 13.3 Å². The first-order chi connectivity index (χ1) is 10.7. The van der Waals surface area contributed by atoms with Crippen molar-refractivity contribution in [3.8, 4) is 5.75 Å². The number of nitrogens with zero attached hydrogens (tertiary/aromatic N) is 1. The first-order valence-corrected chi connectivity index (χ1v) is 7.89. The number of imidazole rings is 1. The maximum atomic E-state index is 12.4. The summed E-state index contributed by atoms with van der Waals surface area (Å²) in [6.45, 7) is 2.73. The van der Waals surface area contributed by atoms with Crippen LogP contribution in [0.25, 0.3) is 11.0 Å². The Kier molecular flexibility index (Phi) is 4.24. The highest BCUT2D eigenvalue weighted by molar-refractivity contribution is 9.10. The number of aromatic nitrogens is 2. The first-order valence-electron chi connectivity index (χ1n) is 7.10. The van der Waals surface area contributed by atoms with Crippen LogP contribution in [0.3, 0.4) is 0 Å². The molecule has 4 nitrogen and oxygen atoms in total. The average Bonchev–Trinajstić information content (AvgIpc) is 2.96. The highest BCUT2D eigenvalue weighted by Crippen LogP contribution is 2.21. The van der Waals surface area contributed by atoms with E-state index in [2.05, 4.69) is 32.8 Å². The fourth-order valence-electron chi connectivity index (χ4n) is 2.14. The Balaban J connectivity index is 1.90. The molecule has 0 radical (unpaired) electrons. The Morgan fingerprint density at radius 1 is 1.23 bits per heavy atom. The second kappa shape index (κ2) is 6.32. The number of ether oxygens (including phenoxy) is 1. The molecule has 1 aromatic heterocycles. The third kappa shape index (κ3) is 3.04. The number of aromatic amines is 1. The van der Waals surface area contributed by atoms with E-state index in [0.29, 0.717) is 18.0 Å². The number of nitrogens with one attached hydrogen (secondary N) is 1. The summed E-state index contributed by atoms with van der Waals surface area (Å²) >= 11 is 3.36. The van der Waals surface area contributed by atoms with Gasteiger partial charge in [-0.2, -0.15) is 0 Å². The molecule has 1 heterocycles. The summed E-state index contributed by atoms with van der Waals surface area (Å²) in [5, 5.41) is 0. The molecule has 2 aromatic carbocycles. The second-order valence-corrected chi connectivity index (χ2v) is 5.86. The van der Waals surface area contributed by atoms with Gasteiger partial charge in [-0.05, 0) is 42.8 Å². The number of carbonyl (C=O) groups excluding carboxylic acids is 1. The summed E-state index contributed by atoms with van der Waals surface area (Å²) in [5.74, 6) is 0.991. The molecule has 0 aliphatic heterocycles. The highest BCUT2D eigenvalue weighted by atomic mass is 79.9. The predicted octanol–water partition coefficient (Wildman–Crippen LogP) is 4.35. The van der Waals surface area contributed by atoms with E-state index in [9.17, 15) is 4.79 Å². The lowest BCUT2D eigenvalue weighted by Gasteiger charge is -2.03. The summed E-state index contributed by atoms with van der Waals surface area (Å²) in [6.07, 6.45) is 0.953. The Morgan fingerprint density at radius 3 is 2.73 bits per heavy atom. The Bertz CT molecular complexity index is 809. The molecule has 0 spiro atoms. The standard InChI is InChI=1S/C17H15BrN2O2/c1-2-9-22-13-7-8-14-15(10-13)20-17(19-14)16(21)11-3-5-12(18)6-4-11/h3-8,10H,2,9H2,1H3,(H,19,20). The van der Waals surface area contributed by atoms with Gasteiger partial charge in [-0.15, -0.1) is 0 Å². The molecule has 0 fully saturated rings. The third-order valence-electron chi connectivity index (χ3n) is 3.25. The zero-order chi connectivity index (χ0) is 15.5. The fourth-order valence-corrected chi connectivity index (χ4v) is 2.41. The van der Waals surface area contributed by atoms with E-state index < -0.39 is 0 Å². The maximum absolute atomic E-state index is 12.4. The van der Waals surface area contributed by atoms with Crippen molar-refractivity contribution in [1.29, 1.82) is 0 Å². The van der Waals surface area contributed by atoms with Crippen LogP contribution in [0.1, 0.15) is 29.5 Å². The number of ketones is 1. The molecule has 1 N–H and O–H groups in total. The summed E-state index contributed by atoms with van der Waals surface area (Å²) in [5.41, 5.74) is 2.16. The van der Waals surface area contributed by atoms with E-state index in [1.807, 2.05) is 30.3 Å². The van der Waals surface area contributed by atoms with Crippen molar-refractivity contribution in [2.75, 3.05) is 6.61 Å². The minimum absolute atomic E-state index is 0.125. The number of rotatable bonds is 5. The zero-order valence-electron chi connectivity index (χ0n) is 12.1. The quantitative estimate of drug-likeness (QED) is 0.690. The monoisotopic (exact) mass is 358 g/mol. The number of carbonyl (C=O) groups is 1. The number of benzene rings is 2. The molecular weight excluding hydrogens is 344 g/mol. The number of H-pyrrole nitrogens is 1. The van der Waals surface area contributed by atoms with Gasteiger partial charge in [0.15, 0.2) is 5.82 Å². The van der Waals surface area contributed by atoms with Gasteiger partial charge in [-0.25, -0.2) is 4.98 Å². The second-order valence-electron chi connectivity index (χ2n) is 4.95. The van der Waals surface area contributed by atoms with Crippen molar-refractivity contribution in [2.24, 2.45) is 0 Å². The van der Waals surface area contributed by atoms with Crippen LogP contribution in [0.2, 0.25) is 0 Å². The zero-order valence-corrected chi connectivity index (χ0v) is 13.7. The van der Waals surface area contributed by atoms with Crippen molar-refractivity contribution >= 4 is 32.7 Å². The van der Waals surface area contributed by atoms with Crippen LogP contribution < -0.4 is 4.74 Å². The topological polar surface area (TPSA) is 55.0 Å². The molecular formula is C17H15BrN2O2. The van der Waals surface area contributed by atoms with E-state index in [-0.39, 0.29) is 5.78 Å². The van der Waals surface area contributed by atoms with Gasteiger partial charge in [-0.3, -0.25) is 4.79 Å². The van der Waals surface area contributed by atoms with E-state index >= 15 is 0 Å². The van der Waals surface area contributed by atoms with Crippen molar-refractivity contribution in [3.05, 3.63) is 58.3 Å². The SMILES string of the molecule is CCCOc1ccc2nc(C(=O)c3ccc(Br)cc3)[nH]c2c1. The molecule has 0 bridgehead atoms. The molecule has 0 atom stereocenters. The minimum atomic E-state index is -0.125. The third-order valence-corrected chi connectivity index (χ3v) is 3.78. The van der Waals surface area contributed by atoms with Crippen molar-refractivity contribution < 1.29 is 9.53 Å². The van der Waals surface area contributed by atoms with Crippen LogP contribution in [0.4, 0.5) is 0 Å². The van der Waals surface area contributed by atoms with Gasteiger partial charge in [0.05, 0.1) is 17.6 Å². The molecule has 112 valence electrons. The lowest BCUT2D eigenvalue weighted by molar-refractivity contribution is 0.103. The summed E-state index contributed by atoms with van der Waals surface area (Å²) in [7, 11) is 0. The Hall–Kier alpha value is -2.14. The molecule has 0 saturated carbocycles. The van der Waals surface area contributed by atoms with Gasteiger partial charge in [-0.1, -0.05) is 22.9 Å². The van der Waals surface area contributed by atoms with Gasteiger partial charge < -0.3 is 9.72 Å². The van der Waals surface area contributed by atoms with E-state index in [1.165, 1.54) is 0 Å². The lowest BCUT2D eigenvalue weighted by atomic mass is 10.1. The lowest BCUT2D eigenvalue weighted by Crippen LogP contribution is -2.03. The van der Waals surface area contributed by atoms with E-state index in [0.717, 1.165) is 27.7 Å². The Morgan fingerprint density at radius 2 is 2.00 bits per heavy atom. The first kappa shape index (κ1) is 14.8. The number of hydrogen-bond acceptors (Lipinski definition) is 3. The normalized spacial score (nSPS) is 10.8. The van der Waals surface area contributed by atoms with Crippen LogP contribution in [0.15, 0.2) is 46.9 Å². The number of fused-ring (bicyclic) bond motifs is 1. The number of hydrogen-bond donors (Lipinski definition) is 1. The average molecular weight is 359 g/mol. The minimum Gasteiger partial charge on any atom is -0.494 e. The highest BCUT2D eigenvalue weighted by Gasteiger charge is 2.14. The molecule has 3 rings (SSSR count). The van der Waals surface area contributed by atoms with Crippen LogP contribution in [-0.2, 0) is 0 Å². The summed E-state index contributed by atoms with van der Waals surface area (Å²) < 4.78 is 6.53. The molecule has 22 heavy (non-hydrogen) atoms. The molecule has 0 saturated heterocycles. The van der Waals surface area contributed by atoms with E-state index in [4.69, 9.17) is 4.74 Å². The summed E-state index contributed by atoms with van der Waals surface area (Å²) in [4.78, 5) is 19.9. The maximum Gasteiger partial charge on any atom is 0.228 e. The van der Waals surface area contributed by atoms with E-state index in [1.54, 1.807) is 12.1 Å². The van der Waals surface area contributed by atoms with Crippen molar-refractivity contribution in [3.63, 3.8) is 0 Å². The molecule has 0 aliphatic carbocycles. The van der Waals surface area contributed by atoms with Crippen LogP contribution >= 0.6 is 15.9 Å². The fraction of sp³-hybridized carbons (Fsp3) is 0.176. The molecule has 5 heteroatoms. The van der Waals surface area contributed by atoms with Crippen molar-refractivity contribution in [1.82, 2.24) is 9.97 Å². The smallest absolute Gasteiger partial charge is 0.228 e. The molecule has 3 aromatic rings.